The van der Waals surface area contributed by atoms with E-state index < -0.39 is 10.5 Å². The number of hydrogen-bond donors (Lipinski definition) is 1. The predicted octanol–water partition coefficient (Wildman–Crippen LogP) is 1.92. The van der Waals surface area contributed by atoms with Crippen LogP contribution in [0, 0.1) is 0 Å². The maximum atomic E-state index is 9.83. The highest BCUT2D eigenvalue weighted by Crippen LogP contribution is 2.49. The quantitative estimate of drug-likeness (QED) is 0.638. The first-order chi connectivity index (χ1) is 4.54. The molecule has 2 nitrogen and oxygen atoms in total. The van der Waals surface area contributed by atoms with E-state index in [4.69, 9.17) is 0 Å². The minimum atomic E-state index is -1.35. The summed E-state index contributed by atoms with van der Waals surface area (Å²) in [7, 11) is -1.35. The molecule has 0 radical (unpaired) electrons. The van der Waals surface area contributed by atoms with E-state index in [0.29, 0.717) is 6.04 Å². The summed E-state index contributed by atoms with van der Waals surface area (Å²) in [5.74, 6) is 1.01. The van der Waals surface area contributed by atoms with Crippen LogP contribution in [0.25, 0.3) is 0 Å². The first kappa shape index (κ1) is 8.37. The molecule has 0 saturated carbocycles. The molecule has 1 N–H and O–H groups in total. The predicted molar refractivity (Wildman–Crippen MR) is 47.5 cm³/mol. The maximum Gasteiger partial charge on any atom is 0.0150 e. The van der Waals surface area contributed by atoms with E-state index in [1.807, 2.05) is 6.26 Å². The summed E-state index contributed by atoms with van der Waals surface area (Å²) in [5.41, 5.74) is 0. The fourth-order valence-corrected chi connectivity index (χ4v) is 3.86. The molecule has 62 valence electrons. The number of hydrogen-bond acceptors (Lipinski definition) is 2. The van der Waals surface area contributed by atoms with Crippen LogP contribution >= 0.6 is 10.5 Å². The fraction of sp³-hybridized carbons (Fsp3) is 1.00. The van der Waals surface area contributed by atoms with Gasteiger partial charge in [0.25, 0.3) is 0 Å². The molecule has 1 aliphatic rings. The Morgan fingerprint density at radius 1 is 1.50 bits per heavy atom. The Morgan fingerprint density at radius 3 is 2.30 bits per heavy atom. The summed E-state index contributed by atoms with van der Waals surface area (Å²) in [6, 6.07) is 0.507. The van der Waals surface area contributed by atoms with Gasteiger partial charge in [-0.3, -0.25) is 0 Å². The lowest BCUT2D eigenvalue weighted by Crippen LogP contribution is -2.29. The van der Waals surface area contributed by atoms with Gasteiger partial charge in [0.1, 0.15) is 0 Å². The van der Waals surface area contributed by atoms with E-state index in [9.17, 15) is 4.55 Å². The van der Waals surface area contributed by atoms with Gasteiger partial charge in [-0.1, -0.05) is 10.5 Å². The van der Waals surface area contributed by atoms with Crippen molar-refractivity contribution in [1.82, 2.24) is 4.31 Å². The van der Waals surface area contributed by atoms with Gasteiger partial charge in [0, 0.05) is 18.3 Å². The van der Waals surface area contributed by atoms with Gasteiger partial charge >= 0.3 is 0 Å². The molecule has 0 bridgehead atoms. The largest absolute Gasteiger partial charge is 0.338 e. The van der Waals surface area contributed by atoms with Gasteiger partial charge < -0.3 is 4.55 Å². The van der Waals surface area contributed by atoms with Crippen molar-refractivity contribution in [2.45, 2.75) is 26.3 Å². The van der Waals surface area contributed by atoms with Gasteiger partial charge in [0.2, 0.25) is 0 Å². The first-order valence-corrected chi connectivity index (χ1v) is 5.92. The lowest BCUT2D eigenvalue weighted by molar-refractivity contribution is 0.382. The van der Waals surface area contributed by atoms with Crippen LogP contribution in [0.4, 0.5) is 0 Å². The van der Waals surface area contributed by atoms with E-state index in [1.165, 1.54) is 6.42 Å². The SMILES string of the molecule is CC(C)N1CCCS1(C)O. The molecule has 0 aromatic rings. The summed E-state index contributed by atoms with van der Waals surface area (Å²) in [5, 5.41) is 0. The molecule has 3 heteroatoms. The zero-order chi connectivity index (χ0) is 7.78. The molecule has 1 rings (SSSR count). The normalized spacial score (nSPS) is 42.1. The summed E-state index contributed by atoms with van der Waals surface area (Å²) in [4.78, 5) is 0. The molecule has 1 heterocycles. The molecule has 1 aliphatic heterocycles. The third-order valence-electron chi connectivity index (χ3n) is 1.99. The molecule has 1 fully saturated rings. The fourth-order valence-electron chi connectivity index (χ4n) is 1.52. The maximum absolute atomic E-state index is 9.83. The van der Waals surface area contributed by atoms with Crippen LogP contribution in [0.1, 0.15) is 20.3 Å². The second-order valence-electron chi connectivity index (χ2n) is 3.29. The first-order valence-electron chi connectivity index (χ1n) is 3.79. The Morgan fingerprint density at radius 2 is 2.10 bits per heavy atom. The highest BCUT2D eigenvalue weighted by molar-refractivity contribution is 8.26. The van der Waals surface area contributed by atoms with Gasteiger partial charge in [0.15, 0.2) is 0 Å². The lowest BCUT2D eigenvalue weighted by atomic mass is 10.4. The van der Waals surface area contributed by atoms with Crippen molar-refractivity contribution in [1.29, 1.82) is 0 Å². The Balaban J connectivity index is 2.59. The molecular formula is C7H17NOS. The molecule has 10 heavy (non-hydrogen) atoms. The smallest absolute Gasteiger partial charge is 0.0150 e. The molecular weight excluding hydrogens is 146 g/mol. The Kier molecular flexibility index (Phi) is 2.28. The third-order valence-corrected chi connectivity index (χ3v) is 4.67. The molecule has 0 amide bonds. The van der Waals surface area contributed by atoms with Crippen LogP contribution < -0.4 is 0 Å². The standard InChI is InChI=1S/C7H17NOS/c1-7(2)8-5-4-6-10(8,3)9/h7,9H,4-6H2,1-3H3. The van der Waals surface area contributed by atoms with Crippen LogP contribution in [0.2, 0.25) is 0 Å². The molecule has 1 unspecified atom stereocenters. The van der Waals surface area contributed by atoms with Gasteiger partial charge in [-0.15, -0.1) is 0 Å². The molecule has 1 saturated heterocycles. The molecule has 1 atom stereocenters. The van der Waals surface area contributed by atoms with Crippen LogP contribution in [0.5, 0.6) is 0 Å². The summed E-state index contributed by atoms with van der Waals surface area (Å²) in [6.07, 6.45) is 3.15. The van der Waals surface area contributed by atoms with Crippen molar-refractivity contribution in [3.63, 3.8) is 0 Å². The molecule has 0 spiro atoms. The third kappa shape index (κ3) is 1.47. The van der Waals surface area contributed by atoms with Crippen LogP contribution in [0.15, 0.2) is 0 Å². The summed E-state index contributed by atoms with van der Waals surface area (Å²) in [6.45, 7) is 5.37. The number of rotatable bonds is 1. The molecule has 0 aromatic heterocycles. The summed E-state index contributed by atoms with van der Waals surface area (Å²) >= 11 is 0. The minimum absolute atomic E-state index is 0.507. The van der Waals surface area contributed by atoms with Crippen LogP contribution in [-0.4, -0.2) is 33.5 Å². The van der Waals surface area contributed by atoms with E-state index in [0.717, 1.165) is 12.3 Å². The Bertz CT molecular complexity index is 125. The van der Waals surface area contributed by atoms with E-state index in [-0.39, 0.29) is 0 Å². The highest BCUT2D eigenvalue weighted by atomic mass is 32.3. The van der Waals surface area contributed by atoms with Crippen molar-refractivity contribution < 1.29 is 4.55 Å². The average Bonchev–Trinajstić information content (AvgIpc) is 2.08. The topological polar surface area (TPSA) is 23.5 Å². The van der Waals surface area contributed by atoms with Crippen LogP contribution in [0.3, 0.4) is 0 Å². The van der Waals surface area contributed by atoms with E-state index in [2.05, 4.69) is 18.2 Å². The number of nitrogens with zero attached hydrogens (tertiary/aromatic N) is 1. The molecule has 0 aromatic carbocycles. The Labute approximate surface area is 64.9 Å². The summed E-state index contributed by atoms with van der Waals surface area (Å²) < 4.78 is 12.1. The average molecular weight is 163 g/mol. The second kappa shape index (κ2) is 2.72. The van der Waals surface area contributed by atoms with Crippen LogP contribution in [-0.2, 0) is 0 Å². The van der Waals surface area contributed by atoms with Gasteiger partial charge in [-0.05, 0) is 26.5 Å². The van der Waals surface area contributed by atoms with Crippen molar-refractivity contribution in [2.75, 3.05) is 18.6 Å². The van der Waals surface area contributed by atoms with E-state index in [1.54, 1.807) is 0 Å². The zero-order valence-electron chi connectivity index (χ0n) is 7.00. The zero-order valence-corrected chi connectivity index (χ0v) is 7.82. The minimum Gasteiger partial charge on any atom is -0.338 e. The lowest BCUT2D eigenvalue weighted by Gasteiger charge is -2.37. The van der Waals surface area contributed by atoms with E-state index >= 15 is 0 Å². The Hall–Kier alpha value is 0.270. The monoisotopic (exact) mass is 163 g/mol. The second-order valence-corrected chi connectivity index (χ2v) is 6.15. The van der Waals surface area contributed by atoms with Crippen molar-refractivity contribution >= 4 is 10.5 Å². The van der Waals surface area contributed by atoms with Crippen molar-refractivity contribution in [3.8, 4) is 0 Å². The van der Waals surface area contributed by atoms with Gasteiger partial charge in [-0.2, -0.15) is 0 Å². The highest BCUT2D eigenvalue weighted by Gasteiger charge is 2.30. The van der Waals surface area contributed by atoms with Crippen molar-refractivity contribution in [2.24, 2.45) is 0 Å². The van der Waals surface area contributed by atoms with Crippen molar-refractivity contribution in [3.05, 3.63) is 0 Å². The van der Waals surface area contributed by atoms with Gasteiger partial charge in [-0.25, -0.2) is 4.31 Å². The molecule has 0 aliphatic carbocycles. The van der Waals surface area contributed by atoms with Gasteiger partial charge in [0.05, 0.1) is 0 Å².